The molecule has 4 nitrogen and oxygen atoms in total. The summed E-state index contributed by atoms with van der Waals surface area (Å²) in [5, 5.41) is 1.07. The number of para-hydroxylation sites is 2. The summed E-state index contributed by atoms with van der Waals surface area (Å²) in [6, 6.07) is 18.3. The van der Waals surface area contributed by atoms with Crippen molar-refractivity contribution in [1.82, 2.24) is 14.5 Å². The highest BCUT2D eigenvalue weighted by molar-refractivity contribution is 5.84. The van der Waals surface area contributed by atoms with Gasteiger partial charge in [-0.2, -0.15) is 0 Å². The van der Waals surface area contributed by atoms with Gasteiger partial charge in [0.15, 0.2) is 6.10 Å². The summed E-state index contributed by atoms with van der Waals surface area (Å²) in [6.07, 6.45) is 5.32. The molecule has 2 aromatic heterocycles. The molecule has 1 atom stereocenters. The Morgan fingerprint density at radius 1 is 0.957 bits per heavy atom. The van der Waals surface area contributed by atoms with Crippen LogP contribution in [0.2, 0.25) is 0 Å². The lowest BCUT2D eigenvalue weighted by Crippen LogP contribution is -2.06. The van der Waals surface area contributed by atoms with E-state index in [4.69, 9.17) is 4.74 Å². The first-order chi connectivity index (χ1) is 11.4. The van der Waals surface area contributed by atoms with Gasteiger partial charge in [-0.25, -0.2) is 4.98 Å². The smallest absolute Gasteiger partial charge is 0.168 e. The van der Waals surface area contributed by atoms with Gasteiger partial charge in [0.2, 0.25) is 0 Å². The van der Waals surface area contributed by atoms with E-state index in [0.29, 0.717) is 0 Å². The van der Waals surface area contributed by atoms with Gasteiger partial charge < -0.3 is 4.74 Å². The average Bonchev–Trinajstić information content (AvgIpc) is 3.18. The van der Waals surface area contributed by atoms with E-state index in [1.165, 1.54) is 0 Å². The third-order valence-electron chi connectivity index (χ3n) is 4.26. The van der Waals surface area contributed by atoms with Gasteiger partial charge in [0.1, 0.15) is 11.3 Å². The van der Waals surface area contributed by atoms with Crippen molar-refractivity contribution in [2.24, 2.45) is 0 Å². The lowest BCUT2D eigenvalue weighted by Gasteiger charge is -2.15. The molecule has 1 aliphatic rings. The van der Waals surface area contributed by atoms with E-state index in [1.54, 1.807) is 6.20 Å². The Kier molecular flexibility index (Phi) is 2.52. The van der Waals surface area contributed by atoms with Gasteiger partial charge in [-0.3, -0.25) is 9.55 Å². The van der Waals surface area contributed by atoms with Crippen LogP contribution in [0.15, 0.2) is 73.3 Å². The van der Waals surface area contributed by atoms with Crippen molar-refractivity contribution in [3.8, 4) is 11.4 Å². The lowest BCUT2D eigenvalue weighted by atomic mass is 10.1. The largest absolute Gasteiger partial charge is 0.477 e. The summed E-state index contributed by atoms with van der Waals surface area (Å²) in [7, 11) is 0. The van der Waals surface area contributed by atoms with E-state index in [2.05, 4.69) is 26.7 Å². The SMILES string of the molecule is c1ccc2c(c1)C(Oc1cccc3cccnc13)c1cncn1-2. The standard InChI is InChI=1S/C19H13N3O/c1-2-8-15-14(7-1)19(16-11-20-12-22(15)16)23-17-9-3-5-13-6-4-10-21-18(13)17/h1-12,19H. The molecule has 0 fully saturated rings. The van der Waals surface area contributed by atoms with Gasteiger partial charge >= 0.3 is 0 Å². The van der Waals surface area contributed by atoms with Gasteiger partial charge in [-0.05, 0) is 18.2 Å². The van der Waals surface area contributed by atoms with Gasteiger partial charge in [0, 0.05) is 17.1 Å². The Labute approximate surface area is 133 Å². The fourth-order valence-electron chi connectivity index (χ4n) is 3.21. The highest BCUT2D eigenvalue weighted by atomic mass is 16.5. The minimum Gasteiger partial charge on any atom is -0.477 e. The van der Waals surface area contributed by atoms with Crippen LogP contribution >= 0.6 is 0 Å². The topological polar surface area (TPSA) is 39.9 Å². The summed E-state index contributed by atoms with van der Waals surface area (Å²) < 4.78 is 8.46. The first kappa shape index (κ1) is 12.4. The monoisotopic (exact) mass is 299 g/mol. The van der Waals surface area contributed by atoms with Crippen molar-refractivity contribution >= 4 is 10.9 Å². The normalized spacial score (nSPS) is 15.4. The van der Waals surface area contributed by atoms with Crippen molar-refractivity contribution < 1.29 is 4.74 Å². The predicted octanol–water partition coefficient (Wildman–Crippen LogP) is 3.90. The highest BCUT2D eigenvalue weighted by Gasteiger charge is 2.30. The number of hydrogen-bond donors (Lipinski definition) is 0. The van der Waals surface area contributed by atoms with Crippen LogP contribution in [0, 0.1) is 0 Å². The highest BCUT2D eigenvalue weighted by Crippen LogP contribution is 2.39. The number of benzene rings is 2. The van der Waals surface area contributed by atoms with Crippen LogP contribution in [0.4, 0.5) is 0 Å². The minimum atomic E-state index is -0.165. The van der Waals surface area contributed by atoms with Crippen LogP contribution in [0.1, 0.15) is 17.4 Å². The second-order valence-electron chi connectivity index (χ2n) is 5.58. The molecule has 5 rings (SSSR count). The third-order valence-corrected chi connectivity index (χ3v) is 4.26. The van der Waals surface area contributed by atoms with Crippen LogP contribution in [-0.4, -0.2) is 14.5 Å². The maximum Gasteiger partial charge on any atom is 0.168 e. The summed E-state index contributed by atoms with van der Waals surface area (Å²) >= 11 is 0. The lowest BCUT2D eigenvalue weighted by molar-refractivity contribution is 0.251. The molecule has 0 bridgehead atoms. The van der Waals surface area contributed by atoms with Gasteiger partial charge in [0.05, 0.1) is 23.9 Å². The first-order valence-corrected chi connectivity index (χ1v) is 7.54. The predicted molar refractivity (Wildman–Crippen MR) is 87.8 cm³/mol. The molecule has 0 N–H and O–H groups in total. The molecule has 4 aromatic rings. The van der Waals surface area contributed by atoms with Crippen LogP contribution in [0.5, 0.6) is 5.75 Å². The Morgan fingerprint density at radius 2 is 1.87 bits per heavy atom. The third kappa shape index (κ3) is 1.78. The number of imidazole rings is 1. The van der Waals surface area contributed by atoms with Gasteiger partial charge in [-0.1, -0.05) is 36.4 Å². The maximum atomic E-state index is 6.38. The van der Waals surface area contributed by atoms with E-state index < -0.39 is 0 Å². The molecule has 0 radical (unpaired) electrons. The molecule has 23 heavy (non-hydrogen) atoms. The van der Waals surface area contributed by atoms with E-state index in [0.717, 1.165) is 33.6 Å². The number of ether oxygens (including phenoxy) is 1. The zero-order valence-corrected chi connectivity index (χ0v) is 12.3. The fraction of sp³-hybridized carbons (Fsp3) is 0.0526. The Hall–Kier alpha value is -3.14. The number of pyridine rings is 1. The van der Waals surface area contributed by atoms with E-state index in [-0.39, 0.29) is 6.10 Å². The molecule has 1 unspecified atom stereocenters. The van der Waals surface area contributed by atoms with Gasteiger partial charge in [0.25, 0.3) is 0 Å². The molecular formula is C19H13N3O. The zero-order valence-electron chi connectivity index (χ0n) is 12.3. The molecule has 1 aliphatic heterocycles. The molecule has 0 saturated heterocycles. The quantitative estimate of drug-likeness (QED) is 0.563. The summed E-state index contributed by atoms with van der Waals surface area (Å²) in [5.74, 6) is 0.789. The van der Waals surface area contributed by atoms with Crippen molar-refractivity contribution in [2.75, 3.05) is 0 Å². The summed E-state index contributed by atoms with van der Waals surface area (Å²) in [6.45, 7) is 0. The van der Waals surface area contributed by atoms with Crippen molar-refractivity contribution in [1.29, 1.82) is 0 Å². The molecule has 2 aromatic carbocycles. The number of fused-ring (bicyclic) bond motifs is 4. The number of aromatic nitrogens is 3. The molecule has 0 aliphatic carbocycles. The second kappa shape index (κ2) is 4.68. The Morgan fingerprint density at radius 3 is 2.87 bits per heavy atom. The molecular weight excluding hydrogens is 286 g/mol. The number of hydrogen-bond acceptors (Lipinski definition) is 3. The fourth-order valence-corrected chi connectivity index (χ4v) is 3.21. The van der Waals surface area contributed by atoms with Crippen LogP contribution in [0.25, 0.3) is 16.6 Å². The molecule has 0 saturated carbocycles. The molecule has 3 heterocycles. The zero-order chi connectivity index (χ0) is 15.2. The molecule has 0 spiro atoms. The van der Waals surface area contributed by atoms with Crippen LogP contribution in [0.3, 0.4) is 0 Å². The first-order valence-electron chi connectivity index (χ1n) is 7.54. The van der Waals surface area contributed by atoms with Crippen LogP contribution in [-0.2, 0) is 0 Å². The van der Waals surface area contributed by atoms with E-state index >= 15 is 0 Å². The Balaban J connectivity index is 1.66. The minimum absolute atomic E-state index is 0.165. The maximum absolute atomic E-state index is 6.38. The summed E-state index contributed by atoms with van der Waals surface area (Å²) in [5.41, 5.74) is 4.20. The molecule has 110 valence electrons. The van der Waals surface area contributed by atoms with Crippen LogP contribution < -0.4 is 4.74 Å². The Bertz CT molecular complexity index is 1020. The number of rotatable bonds is 2. The second-order valence-corrected chi connectivity index (χ2v) is 5.58. The van der Waals surface area contributed by atoms with E-state index in [9.17, 15) is 0 Å². The molecule has 4 heteroatoms. The molecule has 0 amide bonds. The average molecular weight is 299 g/mol. The van der Waals surface area contributed by atoms with Gasteiger partial charge in [-0.15, -0.1) is 0 Å². The van der Waals surface area contributed by atoms with E-state index in [1.807, 2.05) is 55.0 Å². The number of nitrogens with zero attached hydrogens (tertiary/aromatic N) is 3. The van der Waals surface area contributed by atoms with Crippen molar-refractivity contribution in [2.45, 2.75) is 6.10 Å². The summed E-state index contributed by atoms with van der Waals surface area (Å²) in [4.78, 5) is 8.74. The van der Waals surface area contributed by atoms with Crippen molar-refractivity contribution in [3.05, 3.63) is 84.6 Å². The van der Waals surface area contributed by atoms with Crippen molar-refractivity contribution in [3.63, 3.8) is 0 Å².